The summed E-state index contributed by atoms with van der Waals surface area (Å²) >= 11 is 0. The van der Waals surface area contributed by atoms with E-state index in [2.05, 4.69) is 4.89 Å². The zero-order valence-electron chi connectivity index (χ0n) is 14.3. The molecule has 3 aromatic rings. The Morgan fingerprint density at radius 3 is 1.85 bits per heavy atom. The lowest BCUT2D eigenvalue weighted by molar-refractivity contribution is -0.182. The molecule has 0 fully saturated rings. The van der Waals surface area contributed by atoms with Crippen LogP contribution in [0.3, 0.4) is 0 Å². The number of aromatic hydroxyl groups is 3. The molecule has 0 aliphatic rings. The normalized spacial score (nSPS) is 10.6. The molecule has 6 nitrogen and oxygen atoms in total. The van der Waals surface area contributed by atoms with E-state index >= 15 is 0 Å². The quantitative estimate of drug-likeness (QED) is 0.406. The van der Waals surface area contributed by atoms with Crippen molar-refractivity contribution in [3.05, 3.63) is 88.5 Å². The van der Waals surface area contributed by atoms with E-state index in [1.54, 1.807) is 48.5 Å². The lowest BCUT2D eigenvalue weighted by atomic mass is 9.92. The number of carbonyl (C=O) groups is 1. The van der Waals surface area contributed by atoms with Crippen molar-refractivity contribution >= 4 is 5.97 Å². The average molecular weight is 366 g/mol. The molecule has 0 aromatic heterocycles. The van der Waals surface area contributed by atoms with Gasteiger partial charge in [-0.05, 0) is 34.9 Å². The van der Waals surface area contributed by atoms with Crippen molar-refractivity contribution in [1.29, 1.82) is 0 Å². The molecule has 6 heteroatoms. The second-order valence-electron chi connectivity index (χ2n) is 6.09. The first-order valence-electron chi connectivity index (χ1n) is 8.24. The second kappa shape index (κ2) is 7.80. The molecule has 0 heterocycles. The Hall–Kier alpha value is -3.51. The molecule has 0 amide bonds. The topological polar surface area (TPSA) is 107 Å². The Balaban J connectivity index is 2.09. The van der Waals surface area contributed by atoms with Crippen molar-refractivity contribution in [3.8, 4) is 17.2 Å². The van der Waals surface area contributed by atoms with E-state index in [0.717, 1.165) is 0 Å². The summed E-state index contributed by atoms with van der Waals surface area (Å²) in [6, 6.07) is 16.4. The van der Waals surface area contributed by atoms with Crippen LogP contribution >= 0.6 is 0 Å². The van der Waals surface area contributed by atoms with E-state index in [0.29, 0.717) is 28.7 Å². The fourth-order valence-electron chi connectivity index (χ4n) is 2.97. The molecule has 3 aromatic carbocycles. The van der Waals surface area contributed by atoms with Crippen LogP contribution in [-0.4, -0.2) is 26.5 Å². The molecule has 3 rings (SSSR count). The van der Waals surface area contributed by atoms with Crippen LogP contribution in [0.15, 0.2) is 60.7 Å². The van der Waals surface area contributed by atoms with Crippen LogP contribution < -0.4 is 0 Å². The molecular weight excluding hydrogens is 348 g/mol. The van der Waals surface area contributed by atoms with Gasteiger partial charge in [-0.1, -0.05) is 42.5 Å². The molecule has 0 aliphatic heterocycles. The summed E-state index contributed by atoms with van der Waals surface area (Å²) in [5.74, 6) is -1.25. The van der Waals surface area contributed by atoms with Gasteiger partial charge in [0.05, 0.1) is 0 Å². The first-order valence-corrected chi connectivity index (χ1v) is 8.24. The summed E-state index contributed by atoms with van der Waals surface area (Å²) in [4.78, 5) is 15.4. The maximum Gasteiger partial charge on any atom is 0.376 e. The number of phenols is 3. The molecule has 0 saturated carbocycles. The molecule has 0 radical (unpaired) electrons. The molecule has 4 N–H and O–H groups in total. The van der Waals surface area contributed by atoms with Gasteiger partial charge in [0.2, 0.25) is 0 Å². The van der Waals surface area contributed by atoms with Gasteiger partial charge in [-0.25, -0.2) is 4.79 Å². The second-order valence-corrected chi connectivity index (χ2v) is 6.09. The van der Waals surface area contributed by atoms with Crippen LogP contribution in [0.5, 0.6) is 17.2 Å². The summed E-state index contributed by atoms with van der Waals surface area (Å²) in [5.41, 5.74) is 2.06. The monoisotopic (exact) mass is 366 g/mol. The number of phenolic OH excluding ortho intramolecular Hbond substituents is 3. The van der Waals surface area contributed by atoms with Gasteiger partial charge in [0.25, 0.3) is 0 Å². The number of hydrogen-bond donors (Lipinski definition) is 4. The minimum Gasteiger partial charge on any atom is -0.508 e. The molecule has 0 unspecified atom stereocenters. The van der Waals surface area contributed by atoms with E-state index in [1.807, 2.05) is 0 Å². The molecular formula is C21H18O6. The van der Waals surface area contributed by atoms with Crippen LogP contribution in [0.25, 0.3) is 0 Å². The Morgan fingerprint density at radius 2 is 1.30 bits per heavy atom. The predicted molar refractivity (Wildman–Crippen MR) is 98.0 cm³/mol. The van der Waals surface area contributed by atoms with Crippen LogP contribution in [0, 0.1) is 0 Å². The molecule has 27 heavy (non-hydrogen) atoms. The fourth-order valence-corrected chi connectivity index (χ4v) is 2.97. The summed E-state index contributed by atoms with van der Waals surface area (Å²) in [6.07, 6.45) is 0.450. The third-order valence-corrected chi connectivity index (χ3v) is 4.41. The van der Waals surface area contributed by atoms with Crippen LogP contribution in [0.4, 0.5) is 0 Å². The van der Waals surface area contributed by atoms with E-state index in [-0.39, 0.29) is 29.2 Å². The summed E-state index contributed by atoms with van der Waals surface area (Å²) < 4.78 is 0. The summed E-state index contributed by atoms with van der Waals surface area (Å²) in [6.45, 7) is 0. The molecule has 0 bridgehead atoms. The molecule has 0 spiro atoms. The maximum absolute atomic E-state index is 11.7. The van der Waals surface area contributed by atoms with Gasteiger partial charge in [0.1, 0.15) is 22.8 Å². The number of carbonyl (C=O) groups excluding carboxylic acids is 1. The van der Waals surface area contributed by atoms with E-state index in [9.17, 15) is 20.1 Å². The summed E-state index contributed by atoms with van der Waals surface area (Å²) in [5, 5.41) is 39.4. The standard InChI is InChI=1S/C21H18O6/c22-18-7-3-1-5-14(18)11-13-9-10-16(21(25)27-26)20(24)17(13)12-15-6-2-4-8-19(15)23/h1-10,22-24,26H,11-12H2. The minimum atomic E-state index is -1.08. The third-order valence-electron chi connectivity index (χ3n) is 4.41. The highest BCUT2D eigenvalue weighted by Gasteiger charge is 2.20. The zero-order chi connectivity index (χ0) is 19.4. The van der Waals surface area contributed by atoms with Gasteiger partial charge < -0.3 is 15.3 Å². The van der Waals surface area contributed by atoms with Gasteiger partial charge in [-0.3, -0.25) is 4.89 Å². The van der Waals surface area contributed by atoms with Crippen LogP contribution in [0.2, 0.25) is 0 Å². The number of para-hydroxylation sites is 2. The maximum atomic E-state index is 11.7. The largest absolute Gasteiger partial charge is 0.508 e. The van der Waals surface area contributed by atoms with Gasteiger partial charge >= 0.3 is 5.97 Å². The van der Waals surface area contributed by atoms with Crippen molar-refractivity contribution in [2.45, 2.75) is 12.8 Å². The Labute approximate surface area is 155 Å². The highest BCUT2D eigenvalue weighted by Crippen LogP contribution is 2.33. The van der Waals surface area contributed by atoms with Crippen molar-refractivity contribution in [2.24, 2.45) is 0 Å². The smallest absolute Gasteiger partial charge is 0.376 e. The lowest BCUT2D eigenvalue weighted by Crippen LogP contribution is -2.06. The predicted octanol–water partition coefficient (Wildman–Crippen LogP) is 3.61. The van der Waals surface area contributed by atoms with Gasteiger partial charge in [-0.2, -0.15) is 5.26 Å². The van der Waals surface area contributed by atoms with Crippen molar-refractivity contribution in [3.63, 3.8) is 0 Å². The Bertz CT molecular complexity index is 980. The van der Waals surface area contributed by atoms with Crippen LogP contribution in [-0.2, 0) is 17.7 Å². The van der Waals surface area contributed by atoms with E-state index in [1.165, 1.54) is 12.1 Å². The average Bonchev–Trinajstić information content (AvgIpc) is 2.67. The first kappa shape index (κ1) is 18.3. The van der Waals surface area contributed by atoms with Crippen molar-refractivity contribution in [2.75, 3.05) is 0 Å². The van der Waals surface area contributed by atoms with Gasteiger partial charge in [-0.15, -0.1) is 0 Å². The van der Waals surface area contributed by atoms with Gasteiger partial charge in [0.15, 0.2) is 0 Å². The molecule has 0 saturated heterocycles. The fraction of sp³-hybridized carbons (Fsp3) is 0.0952. The zero-order valence-corrected chi connectivity index (χ0v) is 14.3. The molecule has 0 atom stereocenters. The molecule has 0 aliphatic carbocycles. The summed E-state index contributed by atoms with van der Waals surface area (Å²) in [7, 11) is 0. The highest BCUT2D eigenvalue weighted by atomic mass is 17.1. The lowest BCUT2D eigenvalue weighted by Gasteiger charge is -2.15. The van der Waals surface area contributed by atoms with Gasteiger partial charge in [0, 0.05) is 18.4 Å². The minimum absolute atomic E-state index is 0.0561. The number of hydrogen-bond acceptors (Lipinski definition) is 6. The third kappa shape index (κ3) is 3.86. The van der Waals surface area contributed by atoms with E-state index in [4.69, 9.17) is 5.26 Å². The number of benzene rings is 3. The van der Waals surface area contributed by atoms with Crippen LogP contribution in [0.1, 0.15) is 32.6 Å². The highest BCUT2D eigenvalue weighted by molar-refractivity contribution is 5.92. The first-order chi connectivity index (χ1) is 13.0. The SMILES string of the molecule is O=C(OO)c1ccc(Cc2ccccc2O)c(Cc2ccccc2O)c1O. The van der Waals surface area contributed by atoms with E-state index < -0.39 is 5.97 Å². The number of rotatable bonds is 5. The van der Waals surface area contributed by atoms with Crippen molar-refractivity contribution < 1.29 is 30.3 Å². The Morgan fingerprint density at radius 1 is 0.741 bits per heavy atom. The Kier molecular flexibility index (Phi) is 5.28. The molecule has 138 valence electrons. The van der Waals surface area contributed by atoms with Crippen molar-refractivity contribution in [1.82, 2.24) is 0 Å².